The summed E-state index contributed by atoms with van der Waals surface area (Å²) in [7, 11) is 1.91. The van der Waals surface area contributed by atoms with Gasteiger partial charge in [0.25, 0.3) is 0 Å². The number of anilines is 1. The van der Waals surface area contributed by atoms with Gasteiger partial charge in [-0.2, -0.15) is 0 Å². The second-order valence-corrected chi connectivity index (χ2v) is 8.00. The van der Waals surface area contributed by atoms with E-state index in [1.54, 1.807) is 0 Å². The fourth-order valence-corrected chi connectivity index (χ4v) is 3.81. The molecule has 0 spiro atoms. The normalized spacial score (nSPS) is 17.0. The number of nitrogens with one attached hydrogen (secondary N) is 1. The van der Waals surface area contributed by atoms with Gasteiger partial charge in [-0.1, -0.05) is 28.1 Å². The van der Waals surface area contributed by atoms with Crippen LogP contribution in [0.3, 0.4) is 0 Å². The number of benzene rings is 2. The molecular formula is C19H20Br2N2O3. The van der Waals surface area contributed by atoms with Gasteiger partial charge in [-0.25, -0.2) is 0 Å². The maximum atomic E-state index is 12.6. The first kappa shape index (κ1) is 19.2. The maximum Gasteiger partial charge on any atom is 0.241 e. The SMILES string of the molecule is C[C@H](C(=O)Nc1ccc(Br)cc1Br)N(C)C[C@@H]1COc2ccccc2O1. The Hall–Kier alpha value is -1.57. The number of hydrogen-bond acceptors (Lipinski definition) is 4. The molecule has 1 aliphatic rings. The van der Waals surface area contributed by atoms with Crippen molar-refractivity contribution >= 4 is 43.5 Å². The zero-order valence-electron chi connectivity index (χ0n) is 14.5. The van der Waals surface area contributed by atoms with E-state index in [-0.39, 0.29) is 18.1 Å². The van der Waals surface area contributed by atoms with E-state index in [1.807, 2.05) is 61.3 Å². The predicted octanol–water partition coefficient (Wildman–Crippen LogP) is 4.31. The van der Waals surface area contributed by atoms with Gasteiger partial charge in [0.1, 0.15) is 12.7 Å². The van der Waals surface area contributed by atoms with Gasteiger partial charge in [0.05, 0.1) is 11.7 Å². The van der Waals surface area contributed by atoms with E-state index in [0.717, 1.165) is 26.1 Å². The average molecular weight is 484 g/mol. The Morgan fingerprint density at radius 3 is 2.73 bits per heavy atom. The smallest absolute Gasteiger partial charge is 0.241 e. The number of carbonyl (C=O) groups excluding carboxylic acids is 1. The molecule has 0 unspecified atom stereocenters. The summed E-state index contributed by atoms with van der Waals surface area (Å²) in [4.78, 5) is 14.5. The number of hydrogen-bond donors (Lipinski definition) is 1. The Morgan fingerprint density at radius 1 is 1.27 bits per heavy atom. The van der Waals surface area contributed by atoms with E-state index in [0.29, 0.717) is 13.2 Å². The lowest BCUT2D eigenvalue weighted by atomic mass is 10.2. The number of likely N-dealkylation sites (N-methyl/N-ethyl adjacent to an activating group) is 1. The molecule has 0 aromatic heterocycles. The van der Waals surface area contributed by atoms with Crippen molar-refractivity contribution < 1.29 is 14.3 Å². The summed E-state index contributed by atoms with van der Waals surface area (Å²) >= 11 is 6.87. The lowest BCUT2D eigenvalue weighted by Gasteiger charge is -2.31. The standard InChI is InChI=1S/C19H20Br2N2O3/c1-12(19(24)22-16-8-7-13(20)9-15(16)21)23(2)10-14-11-25-17-5-3-4-6-18(17)26-14/h3-9,12,14H,10-11H2,1-2H3,(H,22,24)/t12-,14-/m1/s1. The fourth-order valence-electron chi connectivity index (χ4n) is 2.66. The van der Waals surface area contributed by atoms with E-state index in [9.17, 15) is 4.79 Å². The summed E-state index contributed by atoms with van der Waals surface area (Å²) < 4.78 is 13.5. The Labute approximate surface area is 169 Å². The molecule has 1 heterocycles. The van der Waals surface area contributed by atoms with Crippen LogP contribution < -0.4 is 14.8 Å². The zero-order valence-corrected chi connectivity index (χ0v) is 17.7. The summed E-state index contributed by atoms with van der Waals surface area (Å²) in [5.74, 6) is 1.43. The van der Waals surface area contributed by atoms with Crippen molar-refractivity contribution in [2.75, 3.05) is 25.5 Å². The van der Waals surface area contributed by atoms with Gasteiger partial charge < -0.3 is 14.8 Å². The van der Waals surface area contributed by atoms with Gasteiger partial charge >= 0.3 is 0 Å². The quantitative estimate of drug-likeness (QED) is 0.688. The second-order valence-electron chi connectivity index (χ2n) is 6.23. The van der Waals surface area contributed by atoms with E-state index >= 15 is 0 Å². The van der Waals surface area contributed by atoms with Gasteiger partial charge in [-0.15, -0.1) is 0 Å². The second kappa shape index (κ2) is 8.41. The average Bonchev–Trinajstić information content (AvgIpc) is 2.63. The molecule has 1 amide bonds. The number of para-hydroxylation sites is 2. The van der Waals surface area contributed by atoms with Crippen molar-refractivity contribution in [2.45, 2.75) is 19.1 Å². The van der Waals surface area contributed by atoms with Crippen molar-refractivity contribution in [2.24, 2.45) is 0 Å². The number of carbonyl (C=O) groups is 1. The van der Waals surface area contributed by atoms with Crippen LogP contribution in [0.25, 0.3) is 0 Å². The number of ether oxygens (including phenoxy) is 2. The predicted molar refractivity (Wildman–Crippen MR) is 109 cm³/mol. The van der Waals surface area contributed by atoms with E-state index < -0.39 is 0 Å². The summed E-state index contributed by atoms with van der Waals surface area (Å²) in [6, 6.07) is 12.9. The summed E-state index contributed by atoms with van der Waals surface area (Å²) in [6.45, 7) is 2.93. The molecular weight excluding hydrogens is 464 g/mol. The van der Waals surface area contributed by atoms with Crippen LogP contribution in [0.1, 0.15) is 6.92 Å². The molecule has 138 valence electrons. The topological polar surface area (TPSA) is 50.8 Å². The molecule has 5 nitrogen and oxygen atoms in total. The molecule has 26 heavy (non-hydrogen) atoms. The van der Waals surface area contributed by atoms with Crippen LogP contribution in [0.5, 0.6) is 11.5 Å². The lowest BCUT2D eigenvalue weighted by Crippen LogP contribution is -2.46. The van der Waals surface area contributed by atoms with Crippen LogP contribution in [0.15, 0.2) is 51.4 Å². The van der Waals surface area contributed by atoms with Crippen LogP contribution in [-0.4, -0.2) is 43.2 Å². The van der Waals surface area contributed by atoms with Crippen molar-refractivity contribution in [1.82, 2.24) is 4.90 Å². The molecule has 0 saturated carbocycles. The van der Waals surface area contributed by atoms with Crippen LogP contribution in [0, 0.1) is 0 Å². The molecule has 7 heteroatoms. The molecule has 1 aliphatic heterocycles. The first-order valence-corrected chi connectivity index (χ1v) is 9.87. The van der Waals surface area contributed by atoms with Crippen molar-refractivity contribution in [3.8, 4) is 11.5 Å². The number of nitrogens with zero attached hydrogens (tertiary/aromatic N) is 1. The monoisotopic (exact) mass is 482 g/mol. The van der Waals surface area contributed by atoms with Gasteiger partial charge in [0.15, 0.2) is 11.5 Å². The minimum Gasteiger partial charge on any atom is -0.486 e. The minimum atomic E-state index is -0.314. The molecule has 3 rings (SSSR count). The number of rotatable bonds is 5. The van der Waals surface area contributed by atoms with Crippen molar-refractivity contribution in [1.29, 1.82) is 0 Å². The maximum absolute atomic E-state index is 12.6. The molecule has 2 aromatic rings. The number of amides is 1. The molecule has 0 saturated heterocycles. The Bertz CT molecular complexity index is 800. The minimum absolute atomic E-state index is 0.0762. The van der Waals surface area contributed by atoms with Crippen LogP contribution in [0.4, 0.5) is 5.69 Å². The van der Waals surface area contributed by atoms with Gasteiger partial charge in [0, 0.05) is 15.5 Å². The molecule has 2 aromatic carbocycles. The zero-order chi connectivity index (χ0) is 18.7. The Balaban J connectivity index is 1.57. The summed E-state index contributed by atoms with van der Waals surface area (Å²) in [6.07, 6.45) is -0.121. The first-order chi connectivity index (χ1) is 12.4. The highest BCUT2D eigenvalue weighted by Gasteiger charge is 2.26. The Morgan fingerprint density at radius 2 is 2.00 bits per heavy atom. The van der Waals surface area contributed by atoms with Gasteiger partial charge in [-0.3, -0.25) is 9.69 Å². The van der Waals surface area contributed by atoms with E-state index in [1.165, 1.54) is 0 Å². The highest BCUT2D eigenvalue weighted by atomic mass is 79.9. The first-order valence-electron chi connectivity index (χ1n) is 8.28. The molecule has 2 atom stereocenters. The van der Waals surface area contributed by atoms with Gasteiger partial charge in [-0.05, 0) is 60.2 Å². The number of halogens is 2. The van der Waals surface area contributed by atoms with Crippen LogP contribution in [0.2, 0.25) is 0 Å². The van der Waals surface area contributed by atoms with Crippen LogP contribution >= 0.6 is 31.9 Å². The summed E-state index contributed by atoms with van der Waals surface area (Å²) in [5, 5.41) is 2.95. The molecule has 1 N–H and O–H groups in total. The number of fused-ring (bicyclic) bond motifs is 1. The molecule has 0 fully saturated rings. The van der Waals surface area contributed by atoms with Crippen LogP contribution in [-0.2, 0) is 4.79 Å². The van der Waals surface area contributed by atoms with Crippen molar-refractivity contribution in [3.05, 3.63) is 51.4 Å². The Kier molecular flexibility index (Phi) is 6.21. The highest BCUT2D eigenvalue weighted by Crippen LogP contribution is 2.31. The third kappa shape index (κ3) is 4.58. The third-order valence-corrected chi connectivity index (χ3v) is 5.44. The lowest BCUT2D eigenvalue weighted by molar-refractivity contribution is -0.120. The van der Waals surface area contributed by atoms with Gasteiger partial charge in [0.2, 0.25) is 5.91 Å². The van der Waals surface area contributed by atoms with E-state index in [4.69, 9.17) is 9.47 Å². The molecule has 0 bridgehead atoms. The van der Waals surface area contributed by atoms with Crippen molar-refractivity contribution in [3.63, 3.8) is 0 Å². The fraction of sp³-hybridized carbons (Fsp3) is 0.316. The largest absolute Gasteiger partial charge is 0.486 e. The molecule has 0 aliphatic carbocycles. The molecule has 0 radical (unpaired) electrons. The van der Waals surface area contributed by atoms with E-state index in [2.05, 4.69) is 37.2 Å². The summed E-state index contributed by atoms with van der Waals surface area (Å²) in [5.41, 5.74) is 0.740. The highest BCUT2D eigenvalue weighted by molar-refractivity contribution is 9.11. The third-order valence-electron chi connectivity index (χ3n) is 4.29.